The molecule has 0 radical (unpaired) electrons. The maximum atomic E-state index is 12.7. The first-order valence-corrected chi connectivity index (χ1v) is 5.62. The molecule has 1 aromatic rings. The highest BCUT2D eigenvalue weighted by Gasteiger charge is 2.38. The summed E-state index contributed by atoms with van der Waals surface area (Å²) in [5, 5.41) is 2.61. The fraction of sp³-hybridized carbons (Fsp3) is 0.500. The van der Waals surface area contributed by atoms with E-state index in [0.29, 0.717) is 11.5 Å². The maximum Gasteiger partial charge on any atom is 0.419 e. The molecule has 7 heteroatoms. The summed E-state index contributed by atoms with van der Waals surface area (Å²) in [7, 11) is 0. The fourth-order valence-electron chi connectivity index (χ4n) is 2.32. The summed E-state index contributed by atoms with van der Waals surface area (Å²) in [5.74, 6) is 0.455. The summed E-state index contributed by atoms with van der Waals surface area (Å²) in [5.41, 5.74) is -0.374. The lowest BCUT2D eigenvalue weighted by molar-refractivity contribution is -0.137. The molecule has 1 N–H and O–H groups in total. The van der Waals surface area contributed by atoms with E-state index < -0.39 is 16.9 Å². The van der Waals surface area contributed by atoms with Crippen LogP contribution in [0, 0.1) is 0 Å². The Morgan fingerprint density at radius 1 is 1.47 bits per heavy atom. The predicted octanol–water partition coefficient (Wildman–Crippen LogP) is 2.76. The molecule has 1 aromatic heterocycles. The van der Waals surface area contributed by atoms with Crippen LogP contribution in [0.25, 0.3) is 0 Å². The molecule has 0 amide bonds. The van der Waals surface area contributed by atoms with Gasteiger partial charge in [0.2, 0.25) is 0 Å². The minimum absolute atomic E-state index is 0.266. The van der Waals surface area contributed by atoms with Gasteiger partial charge in [0.15, 0.2) is 5.82 Å². The van der Waals surface area contributed by atoms with Crippen LogP contribution in [-0.2, 0) is 6.18 Å². The molecule has 3 rings (SSSR count). The van der Waals surface area contributed by atoms with Crippen LogP contribution in [-0.4, -0.2) is 24.1 Å². The number of rotatable bonds is 0. The topological polar surface area (TPSA) is 28.2 Å². The van der Waals surface area contributed by atoms with Gasteiger partial charge in [-0.05, 0) is 12.5 Å². The van der Waals surface area contributed by atoms with E-state index in [2.05, 4.69) is 10.3 Å². The first-order valence-electron chi connectivity index (χ1n) is 5.24. The lowest BCUT2D eigenvalue weighted by Crippen LogP contribution is -2.32. The van der Waals surface area contributed by atoms with E-state index in [1.54, 1.807) is 0 Å². The van der Waals surface area contributed by atoms with Gasteiger partial charge in [-0.25, -0.2) is 4.98 Å². The Balaban J connectivity index is 2.12. The Bertz CT molecular complexity index is 475. The van der Waals surface area contributed by atoms with Crippen LogP contribution in [0.15, 0.2) is 6.07 Å². The first kappa shape index (κ1) is 11.0. The van der Waals surface area contributed by atoms with E-state index >= 15 is 0 Å². The van der Waals surface area contributed by atoms with Crippen LogP contribution in [0.5, 0.6) is 0 Å². The SMILES string of the molecule is FC(F)(F)c1cc2c(nc1Cl)NC1CCN2C1. The zero-order valence-electron chi connectivity index (χ0n) is 8.68. The highest BCUT2D eigenvalue weighted by atomic mass is 35.5. The minimum Gasteiger partial charge on any atom is -0.366 e. The van der Waals surface area contributed by atoms with Crippen LogP contribution in [0.3, 0.4) is 0 Å². The monoisotopic (exact) mass is 263 g/mol. The molecule has 0 saturated carbocycles. The molecular weight excluding hydrogens is 255 g/mol. The van der Waals surface area contributed by atoms with Crippen LogP contribution >= 0.6 is 11.6 Å². The molecule has 1 unspecified atom stereocenters. The predicted molar refractivity (Wildman–Crippen MR) is 58.5 cm³/mol. The smallest absolute Gasteiger partial charge is 0.366 e. The number of alkyl halides is 3. The molecule has 1 fully saturated rings. The summed E-state index contributed by atoms with van der Waals surface area (Å²) in [4.78, 5) is 5.73. The van der Waals surface area contributed by atoms with Crippen molar-refractivity contribution in [3.63, 3.8) is 0 Å². The van der Waals surface area contributed by atoms with Gasteiger partial charge in [-0.1, -0.05) is 11.6 Å². The Kier molecular flexibility index (Phi) is 2.20. The maximum absolute atomic E-state index is 12.7. The zero-order valence-corrected chi connectivity index (χ0v) is 9.44. The second kappa shape index (κ2) is 3.41. The van der Waals surface area contributed by atoms with E-state index in [9.17, 15) is 13.2 Å². The summed E-state index contributed by atoms with van der Waals surface area (Å²) >= 11 is 5.57. The molecule has 1 saturated heterocycles. The number of halogens is 4. The van der Waals surface area contributed by atoms with Crippen molar-refractivity contribution in [1.29, 1.82) is 0 Å². The Morgan fingerprint density at radius 3 is 2.94 bits per heavy atom. The number of fused-ring (bicyclic) bond motifs is 4. The van der Waals surface area contributed by atoms with E-state index in [1.165, 1.54) is 0 Å². The Hall–Kier alpha value is -1.17. The van der Waals surface area contributed by atoms with Gasteiger partial charge in [-0.15, -0.1) is 0 Å². The van der Waals surface area contributed by atoms with Crippen molar-refractivity contribution in [2.75, 3.05) is 23.3 Å². The molecule has 2 bridgehead atoms. The molecule has 0 aliphatic carbocycles. The Labute approximate surface area is 101 Å². The number of pyridine rings is 1. The summed E-state index contributed by atoms with van der Waals surface area (Å²) in [6.45, 7) is 1.49. The highest BCUT2D eigenvalue weighted by molar-refractivity contribution is 6.30. The summed E-state index contributed by atoms with van der Waals surface area (Å²) < 4.78 is 38.1. The molecule has 0 spiro atoms. The lowest BCUT2D eigenvalue weighted by Gasteiger charge is -2.28. The number of hydrogen-bond donors (Lipinski definition) is 1. The standard InChI is InChI=1S/C10H9ClF3N3/c11-8-6(10(12,13)14)3-7-9(16-8)15-5-1-2-17(7)4-5/h3,5H,1-2,4H2,(H,15,16). The van der Waals surface area contributed by atoms with Crippen LogP contribution < -0.4 is 10.2 Å². The van der Waals surface area contributed by atoms with Crippen LogP contribution in [0.1, 0.15) is 12.0 Å². The van der Waals surface area contributed by atoms with E-state index in [1.807, 2.05) is 4.90 Å². The second-order valence-electron chi connectivity index (χ2n) is 4.27. The number of nitrogens with zero attached hydrogens (tertiary/aromatic N) is 2. The van der Waals surface area contributed by atoms with Gasteiger partial charge in [-0.3, -0.25) is 0 Å². The number of nitrogens with one attached hydrogen (secondary N) is 1. The average molecular weight is 264 g/mol. The lowest BCUT2D eigenvalue weighted by atomic mass is 10.2. The molecule has 17 heavy (non-hydrogen) atoms. The number of aromatic nitrogens is 1. The van der Waals surface area contributed by atoms with Crippen molar-refractivity contribution < 1.29 is 13.2 Å². The molecule has 3 nitrogen and oxygen atoms in total. The second-order valence-corrected chi connectivity index (χ2v) is 4.63. The number of anilines is 2. The van der Waals surface area contributed by atoms with Crippen molar-refractivity contribution in [2.24, 2.45) is 0 Å². The molecule has 1 atom stereocenters. The van der Waals surface area contributed by atoms with Crippen molar-refractivity contribution in [3.05, 3.63) is 16.8 Å². The molecule has 3 heterocycles. The van der Waals surface area contributed by atoms with E-state index in [4.69, 9.17) is 11.6 Å². The van der Waals surface area contributed by atoms with Crippen molar-refractivity contribution in [3.8, 4) is 0 Å². The van der Waals surface area contributed by atoms with Gasteiger partial charge in [0.1, 0.15) is 5.15 Å². The molecule has 0 aromatic carbocycles. The van der Waals surface area contributed by atoms with Gasteiger partial charge in [0.05, 0.1) is 11.3 Å². The number of hydrogen-bond acceptors (Lipinski definition) is 3. The third-order valence-electron chi connectivity index (χ3n) is 3.13. The minimum atomic E-state index is -4.46. The fourth-order valence-corrected chi connectivity index (χ4v) is 2.56. The molecule has 2 aliphatic heterocycles. The summed E-state index contributed by atoms with van der Waals surface area (Å²) in [6, 6.07) is 1.35. The quantitative estimate of drug-likeness (QED) is 0.730. The van der Waals surface area contributed by atoms with E-state index in [-0.39, 0.29) is 6.04 Å². The van der Waals surface area contributed by atoms with Crippen molar-refractivity contribution in [2.45, 2.75) is 18.6 Å². The third kappa shape index (κ3) is 1.71. The molecule has 2 aliphatic rings. The van der Waals surface area contributed by atoms with Gasteiger partial charge >= 0.3 is 6.18 Å². The molecule has 92 valence electrons. The average Bonchev–Trinajstić information content (AvgIpc) is 2.59. The third-order valence-corrected chi connectivity index (χ3v) is 3.42. The highest BCUT2D eigenvalue weighted by Crippen LogP contribution is 2.41. The van der Waals surface area contributed by atoms with Gasteiger partial charge in [0, 0.05) is 19.1 Å². The van der Waals surface area contributed by atoms with Crippen LogP contribution in [0.2, 0.25) is 5.15 Å². The van der Waals surface area contributed by atoms with Crippen molar-refractivity contribution in [1.82, 2.24) is 4.98 Å². The van der Waals surface area contributed by atoms with Gasteiger partial charge in [0.25, 0.3) is 0 Å². The largest absolute Gasteiger partial charge is 0.419 e. The van der Waals surface area contributed by atoms with Gasteiger partial charge < -0.3 is 10.2 Å². The first-order chi connectivity index (χ1) is 7.95. The van der Waals surface area contributed by atoms with Gasteiger partial charge in [-0.2, -0.15) is 13.2 Å². The summed E-state index contributed by atoms with van der Waals surface area (Å²) in [6.07, 6.45) is -3.55. The van der Waals surface area contributed by atoms with Crippen molar-refractivity contribution >= 4 is 23.1 Å². The molecular formula is C10H9ClF3N3. The van der Waals surface area contributed by atoms with Crippen LogP contribution in [0.4, 0.5) is 24.7 Å². The Morgan fingerprint density at radius 2 is 2.24 bits per heavy atom. The van der Waals surface area contributed by atoms with E-state index in [0.717, 1.165) is 25.6 Å². The normalized spacial score (nSPS) is 22.4. The zero-order chi connectivity index (χ0) is 12.2.